The van der Waals surface area contributed by atoms with Gasteiger partial charge < -0.3 is 4.74 Å². The summed E-state index contributed by atoms with van der Waals surface area (Å²) in [7, 11) is 1.70. The van der Waals surface area contributed by atoms with Gasteiger partial charge in [0, 0.05) is 5.56 Å². The van der Waals surface area contributed by atoms with E-state index < -0.39 is 0 Å². The zero-order valence-corrected chi connectivity index (χ0v) is 9.87. The molecule has 0 saturated carbocycles. The van der Waals surface area contributed by atoms with Crippen LogP contribution < -0.4 is 4.74 Å². The molecule has 0 amide bonds. The molecule has 1 heteroatoms. The molecule has 1 nitrogen and oxygen atoms in total. The monoisotopic (exact) mass is 202 g/mol. The minimum absolute atomic E-state index is 0.924. The summed E-state index contributed by atoms with van der Waals surface area (Å²) >= 11 is 0. The van der Waals surface area contributed by atoms with E-state index in [1.165, 1.54) is 11.1 Å². The van der Waals surface area contributed by atoms with Gasteiger partial charge in [0.1, 0.15) is 5.75 Å². The summed E-state index contributed by atoms with van der Waals surface area (Å²) < 4.78 is 5.31. The molecular weight excluding hydrogens is 184 g/mol. The van der Waals surface area contributed by atoms with Gasteiger partial charge in [-0.2, -0.15) is 0 Å². The third kappa shape index (κ3) is 3.28. The molecule has 0 heterocycles. The van der Waals surface area contributed by atoms with Gasteiger partial charge in [0.2, 0.25) is 0 Å². The van der Waals surface area contributed by atoms with Gasteiger partial charge in [-0.15, -0.1) is 0 Å². The highest BCUT2D eigenvalue weighted by molar-refractivity contribution is 5.70. The molecule has 80 valence electrons. The Balaban J connectivity index is 3.05. The fourth-order valence-electron chi connectivity index (χ4n) is 1.35. The molecule has 1 aromatic rings. The predicted octanol–water partition coefficient (Wildman–Crippen LogP) is 4.06. The lowest BCUT2D eigenvalue weighted by Crippen LogP contribution is -1.88. The molecule has 0 aliphatic heterocycles. The summed E-state index contributed by atoms with van der Waals surface area (Å²) in [4.78, 5) is 0. The quantitative estimate of drug-likeness (QED) is 0.671. The molecule has 0 aromatic heterocycles. The van der Waals surface area contributed by atoms with Gasteiger partial charge in [-0.25, -0.2) is 0 Å². The Kier molecular flexibility index (Phi) is 4.17. The van der Waals surface area contributed by atoms with Crippen LogP contribution in [-0.2, 0) is 0 Å². The van der Waals surface area contributed by atoms with E-state index in [-0.39, 0.29) is 0 Å². The van der Waals surface area contributed by atoms with Gasteiger partial charge in [0.15, 0.2) is 0 Å². The Morgan fingerprint density at radius 3 is 2.33 bits per heavy atom. The van der Waals surface area contributed by atoms with Crippen LogP contribution in [0.1, 0.15) is 26.3 Å². The minimum Gasteiger partial charge on any atom is -0.496 e. The zero-order chi connectivity index (χ0) is 11.3. The summed E-state index contributed by atoms with van der Waals surface area (Å²) in [6.07, 6.45) is 4.23. The van der Waals surface area contributed by atoms with Gasteiger partial charge in [0.05, 0.1) is 7.11 Å². The molecule has 1 rings (SSSR count). The van der Waals surface area contributed by atoms with Crippen LogP contribution in [0.5, 0.6) is 5.75 Å². The maximum absolute atomic E-state index is 5.31. The first kappa shape index (κ1) is 11.6. The van der Waals surface area contributed by atoms with E-state index in [4.69, 9.17) is 4.74 Å². The van der Waals surface area contributed by atoms with Crippen molar-refractivity contribution in [2.24, 2.45) is 0 Å². The maximum Gasteiger partial charge on any atom is 0.126 e. The van der Waals surface area contributed by atoms with Gasteiger partial charge in [0.25, 0.3) is 0 Å². The molecule has 0 aliphatic rings. The van der Waals surface area contributed by atoms with Crippen LogP contribution in [0.2, 0.25) is 0 Å². The topological polar surface area (TPSA) is 9.23 Å². The lowest BCUT2D eigenvalue weighted by molar-refractivity contribution is 0.413. The highest BCUT2D eigenvalue weighted by Crippen LogP contribution is 2.25. The number of methoxy groups -OCH3 is 1. The van der Waals surface area contributed by atoms with Crippen molar-refractivity contribution >= 4 is 5.57 Å². The van der Waals surface area contributed by atoms with E-state index in [0.717, 1.165) is 11.3 Å². The van der Waals surface area contributed by atoms with Crippen molar-refractivity contribution in [2.75, 3.05) is 7.11 Å². The normalized spacial score (nSPS) is 11.1. The molecule has 0 N–H and O–H groups in total. The molecule has 1 aromatic carbocycles. The second-order valence-electron chi connectivity index (χ2n) is 3.79. The highest BCUT2D eigenvalue weighted by Gasteiger charge is 2.01. The van der Waals surface area contributed by atoms with Crippen molar-refractivity contribution in [1.29, 1.82) is 0 Å². The number of ether oxygens (including phenoxy) is 1. The van der Waals surface area contributed by atoms with E-state index in [1.807, 2.05) is 18.2 Å². The number of hydrogen-bond donors (Lipinski definition) is 0. The number of hydrogen-bond acceptors (Lipinski definition) is 1. The lowest BCUT2D eigenvalue weighted by atomic mass is 10.1. The fourth-order valence-corrected chi connectivity index (χ4v) is 1.35. The number of rotatable bonds is 3. The average molecular weight is 202 g/mol. The van der Waals surface area contributed by atoms with Gasteiger partial charge >= 0.3 is 0 Å². The van der Waals surface area contributed by atoms with Crippen molar-refractivity contribution in [3.05, 3.63) is 47.6 Å². The first-order chi connectivity index (χ1) is 7.15. The largest absolute Gasteiger partial charge is 0.496 e. The van der Waals surface area contributed by atoms with E-state index >= 15 is 0 Å². The van der Waals surface area contributed by atoms with Crippen LogP contribution in [0.25, 0.3) is 5.57 Å². The van der Waals surface area contributed by atoms with Crippen LogP contribution in [0.15, 0.2) is 42.0 Å². The summed E-state index contributed by atoms with van der Waals surface area (Å²) in [5, 5.41) is 0. The van der Waals surface area contributed by atoms with Gasteiger partial charge in [-0.1, -0.05) is 35.9 Å². The molecule has 0 aliphatic carbocycles. The van der Waals surface area contributed by atoms with Crippen LogP contribution in [0, 0.1) is 0 Å². The summed E-state index contributed by atoms with van der Waals surface area (Å²) in [6.45, 7) is 6.27. The molecular formula is C14H18O. The van der Waals surface area contributed by atoms with Gasteiger partial charge in [-0.3, -0.25) is 0 Å². The summed E-state index contributed by atoms with van der Waals surface area (Å²) in [5.41, 5.74) is 3.66. The highest BCUT2D eigenvalue weighted by atomic mass is 16.5. The third-order valence-corrected chi connectivity index (χ3v) is 2.20. The van der Waals surface area contributed by atoms with Crippen LogP contribution in [-0.4, -0.2) is 7.11 Å². The number of allylic oxidation sites excluding steroid dienone is 4. The summed E-state index contributed by atoms with van der Waals surface area (Å²) in [5.74, 6) is 0.924. The Morgan fingerprint density at radius 1 is 1.07 bits per heavy atom. The van der Waals surface area contributed by atoms with E-state index in [1.54, 1.807) is 7.11 Å². The Morgan fingerprint density at radius 2 is 1.73 bits per heavy atom. The Hall–Kier alpha value is -1.50. The maximum atomic E-state index is 5.31. The average Bonchev–Trinajstić information content (AvgIpc) is 2.25. The third-order valence-electron chi connectivity index (χ3n) is 2.20. The molecule has 0 atom stereocenters. The van der Waals surface area contributed by atoms with Crippen molar-refractivity contribution in [1.82, 2.24) is 0 Å². The second kappa shape index (κ2) is 5.40. The first-order valence-corrected chi connectivity index (χ1v) is 5.10. The van der Waals surface area contributed by atoms with Crippen molar-refractivity contribution in [2.45, 2.75) is 20.8 Å². The summed E-state index contributed by atoms with van der Waals surface area (Å²) in [6, 6.07) is 8.06. The van der Waals surface area contributed by atoms with E-state index in [0.29, 0.717) is 0 Å². The number of benzene rings is 1. The van der Waals surface area contributed by atoms with Crippen LogP contribution >= 0.6 is 0 Å². The fraction of sp³-hybridized carbons (Fsp3) is 0.286. The standard InChI is InChI=1S/C14H18O/c1-11(2)9-10-12(3)13-7-5-6-8-14(13)15-4/h5-10H,1-4H3/b12-10+. The molecule has 0 unspecified atom stereocenters. The minimum atomic E-state index is 0.924. The van der Waals surface area contributed by atoms with Crippen molar-refractivity contribution in [3.63, 3.8) is 0 Å². The molecule has 0 saturated heterocycles. The van der Waals surface area contributed by atoms with Crippen molar-refractivity contribution in [3.8, 4) is 5.75 Å². The molecule has 15 heavy (non-hydrogen) atoms. The zero-order valence-electron chi connectivity index (χ0n) is 9.87. The molecule has 0 fully saturated rings. The SMILES string of the molecule is COc1ccccc1/C(C)=C/C=C(C)C. The smallest absolute Gasteiger partial charge is 0.126 e. The second-order valence-corrected chi connectivity index (χ2v) is 3.79. The van der Waals surface area contributed by atoms with Crippen LogP contribution in [0.3, 0.4) is 0 Å². The van der Waals surface area contributed by atoms with E-state index in [2.05, 4.69) is 39.0 Å². The first-order valence-electron chi connectivity index (χ1n) is 5.10. The number of para-hydroxylation sites is 1. The van der Waals surface area contributed by atoms with Gasteiger partial charge in [-0.05, 0) is 32.4 Å². The molecule has 0 bridgehead atoms. The van der Waals surface area contributed by atoms with E-state index in [9.17, 15) is 0 Å². The van der Waals surface area contributed by atoms with Crippen molar-refractivity contribution < 1.29 is 4.74 Å². The molecule has 0 spiro atoms. The lowest BCUT2D eigenvalue weighted by Gasteiger charge is -2.07. The predicted molar refractivity (Wildman–Crippen MR) is 66.1 cm³/mol. The Labute approximate surface area is 92.1 Å². The molecule has 0 radical (unpaired) electrons. The van der Waals surface area contributed by atoms with Crippen LogP contribution in [0.4, 0.5) is 0 Å². The Bertz CT molecular complexity index is 382.